The molecule has 1 aromatic rings. The van der Waals surface area contributed by atoms with Gasteiger partial charge in [0, 0.05) is 0 Å². The van der Waals surface area contributed by atoms with Gasteiger partial charge in [0.15, 0.2) is 0 Å². The fourth-order valence-corrected chi connectivity index (χ4v) is 0.747. The maximum absolute atomic E-state index is 7.17. The molecule has 0 saturated heterocycles. The van der Waals surface area contributed by atoms with Crippen molar-refractivity contribution in [2.24, 2.45) is 0 Å². The second-order valence-electron chi connectivity index (χ2n) is 2.43. The van der Waals surface area contributed by atoms with Crippen LogP contribution in [-0.2, 0) is 0 Å². The first-order chi connectivity index (χ1) is 5.52. The molecule has 5 heteroatoms. The van der Waals surface area contributed by atoms with Crippen LogP contribution in [0.15, 0.2) is 18.2 Å². The monoisotopic (exact) mass is 174 g/mol. The molecule has 0 heterocycles. The third kappa shape index (κ3) is 11.8. The fourth-order valence-electron chi connectivity index (χ4n) is 0.747. The van der Waals surface area contributed by atoms with E-state index in [9.17, 15) is 0 Å². The molecule has 1 rings (SSSR count). The van der Waals surface area contributed by atoms with E-state index < -0.39 is 7.32 Å². The molecule has 66 valence electrons. The SMILES string of the molecule is Cc1c[c-]cc(C)c1.OB(O)O.[Li+]. The number of benzene rings is 1. The Hall–Kier alpha value is -0.238. The van der Waals surface area contributed by atoms with E-state index in [1.54, 1.807) is 0 Å². The van der Waals surface area contributed by atoms with Crippen molar-refractivity contribution in [2.75, 3.05) is 0 Å². The van der Waals surface area contributed by atoms with Crippen LogP contribution in [0.2, 0.25) is 0 Å². The van der Waals surface area contributed by atoms with Crippen LogP contribution in [0.5, 0.6) is 0 Å². The molecule has 1 aromatic carbocycles. The molecule has 0 unspecified atom stereocenters. The molecule has 13 heavy (non-hydrogen) atoms. The van der Waals surface area contributed by atoms with Crippen LogP contribution < -0.4 is 18.9 Å². The topological polar surface area (TPSA) is 60.7 Å². The predicted octanol–water partition coefficient (Wildman–Crippen LogP) is -2.94. The van der Waals surface area contributed by atoms with Crippen LogP contribution in [0, 0.1) is 19.9 Å². The van der Waals surface area contributed by atoms with Gasteiger partial charge in [0.25, 0.3) is 0 Å². The van der Waals surface area contributed by atoms with E-state index in [4.69, 9.17) is 15.1 Å². The Labute approximate surface area is 90.8 Å². The maximum Gasteiger partial charge on any atom is 1.00 e. The molecule has 0 radical (unpaired) electrons. The van der Waals surface area contributed by atoms with Crippen molar-refractivity contribution in [1.29, 1.82) is 0 Å². The van der Waals surface area contributed by atoms with Gasteiger partial charge in [-0.1, -0.05) is 13.8 Å². The standard InChI is InChI=1S/C8H9.BH3O3.Li/c1-7-4-3-5-8(2)6-7;2-1(3)4;/h4-6H,1-2H3;2-4H;/q-1;;+1. The summed E-state index contributed by atoms with van der Waals surface area (Å²) in [6.45, 7) is 4.15. The maximum atomic E-state index is 7.17. The largest absolute Gasteiger partial charge is 1.00 e. The first kappa shape index (κ1) is 15.2. The molecule has 0 amide bonds. The summed E-state index contributed by atoms with van der Waals surface area (Å²) in [5, 5.41) is 21.5. The third-order valence-corrected chi connectivity index (χ3v) is 1.08. The van der Waals surface area contributed by atoms with E-state index in [1.807, 2.05) is 12.1 Å². The summed E-state index contributed by atoms with van der Waals surface area (Å²) in [7, 11) is -2.17. The van der Waals surface area contributed by atoms with Crippen LogP contribution in [0.4, 0.5) is 0 Å². The van der Waals surface area contributed by atoms with E-state index in [2.05, 4.69) is 26.0 Å². The molecule has 0 spiro atoms. The molecule has 3 N–H and O–H groups in total. The van der Waals surface area contributed by atoms with Gasteiger partial charge >= 0.3 is 26.2 Å². The quantitative estimate of drug-likeness (QED) is 0.291. The van der Waals surface area contributed by atoms with Crippen LogP contribution in [0.25, 0.3) is 0 Å². The van der Waals surface area contributed by atoms with E-state index in [0.717, 1.165) is 0 Å². The number of hydrogen-bond acceptors (Lipinski definition) is 3. The van der Waals surface area contributed by atoms with Crippen molar-refractivity contribution >= 4 is 7.32 Å². The Morgan fingerprint density at radius 3 is 1.54 bits per heavy atom. The molecule has 3 nitrogen and oxygen atoms in total. The van der Waals surface area contributed by atoms with Crippen molar-refractivity contribution < 1.29 is 33.9 Å². The van der Waals surface area contributed by atoms with Gasteiger partial charge in [-0.2, -0.15) is 35.4 Å². The van der Waals surface area contributed by atoms with Crippen molar-refractivity contribution in [2.45, 2.75) is 13.8 Å². The number of rotatable bonds is 0. The van der Waals surface area contributed by atoms with Gasteiger partial charge in [-0.25, -0.2) is 0 Å². The first-order valence-corrected chi connectivity index (χ1v) is 3.51. The smallest absolute Gasteiger partial charge is 0.402 e. The Morgan fingerprint density at radius 1 is 1.08 bits per heavy atom. The average Bonchev–Trinajstić information content (AvgIpc) is 1.84. The zero-order chi connectivity index (χ0) is 9.56. The molecule has 0 fully saturated rings. The van der Waals surface area contributed by atoms with Crippen LogP contribution in [-0.4, -0.2) is 22.4 Å². The summed E-state index contributed by atoms with van der Waals surface area (Å²) in [5.41, 5.74) is 2.56. The molecule has 0 bridgehead atoms. The third-order valence-electron chi connectivity index (χ3n) is 1.08. The van der Waals surface area contributed by atoms with Crippen molar-refractivity contribution in [3.05, 3.63) is 35.4 Å². The van der Waals surface area contributed by atoms with Crippen molar-refractivity contribution in [1.82, 2.24) is 0 Å². The van der Waals surface area contributed by atoms with Gasteiger partial charge in [0.2, 0.25) is 0 Å². The molecule has 0 aliphatic rings. The average molecular weight is 174 g/mol. The van der Waals surface area contributed by atoms with Crippen molar-refractivity contribution in [3.8, 4) is 0 Å². The Balaban J connectivity index is 0. The number of aryl methyl sites for hydroxylation is 2. The van der Waals surface area contributed by atoms with Gasteiger partial charge in [-0.05, 0) is 0 Å². The van der Waals surface area contributed by atoms with Gasteiger partial charge < -0.3 is 15.1 Å². The predicted molar refractivity (Wildman–Crippen MR) is 47.2 cm³/mol. The minimum absolute atomic E-state index is 0. The van der Waals surface area contributed by atoms with Crippen molar-refractivity contribution in [3.63, 3.8) is 0 Å². The molecule has 0 saturated carbocycles. The fraction of sp³-hybridized carbons (Fsp3) is 0.250. The van der Waals surface area contributed by atoms with E-state index >= 15 is 0 Å². The summed E-state index contributed by atoms with van der Waals surface area (Å²) in [4.78, 5) is 0. The van der Waals surface area contributed by atoms with Crippen LogP contribution >= 0.6 is 0 Å². The Morgan fingerprint density at radius 2 is 1.38 bits per heavy atom. The van der Waals surface area contributed by atoms with E-state index in [1.165, 1.54) is 11.1 Å². The van der Waals surface area contributed by atoms with Gasteiger partial charge in [-0.3, -0.25) is 0 Å². The van der Waals surface area contributed by atoms with E-state index in [-0.39, 0.29) is 18.9 Å². The molecule has 0 aromatic heterocycles. The van der Waals surface area contributed by atoms with E-state index in [0.29, 0.717) is 0 Å². The summed E-state index contributed by atoms with van der Waals surface area (Å²) in [6.07, 6.45) is 0. The normalized spacial score (nSPS) is 7.77. The van der Waals surface area contributed by atoms with Gasteiger partial charge in [0.05, 0.1) is 0 Å². The second-order valence-corrected chi connectivity index (χ2v) is 2.43. The number of hydrogen-bond donors (Lipinski definition) is 3. The summed E-state index contributed by atoms with van der Waals surface area (Å²) in [6, 6.07) is 9.12. The Kier molecular flexibility index (Phi) is 9.81. The van der Waals surface area contributed by atoms with Gasteiger partial charge in [0.1, 0.15) is 0 Å². The zero-order valence-corrected chi connectivity index (χ0v) is 8.15. The summed E-state index contributed by atoms with van der Waals surface area (Å²) >= 11 is 0. The molecule has 0 aliphatic heterocycles. The first-order valence-electron chi connectivity index (χ1n) is 3.51. The molecule has 0 atom stereocenters. The molecular weight excluding hydrogens is 162 g/mol. The second kappa shape index (κ2) is 8.36. The van der Waals surface area contributed by atoms with Crippen LogP contribution in [0.3, 0.4) is 0 Å². The minimum Gasteiger partial charge on any atom is -0.402 e. The summed E-state index contributed by atoms with van der Waals surface area (Å²) < 4.78 is 0. The zero-order valence-electron chi connectivity index (χ0n) is 8.15. The molecule has 0 aliphatic carbocycles. The Bertz CT molecular complexity index is 210. The van der Waals surface area contributed by atoms with Gasteiger partial charge in [-0.15, -0.1) is 0 Å². The van der Waals surface area contributed by atoms with Crippen LogP contribution in [0.1, 0.15) is 11.1 Å². The molecular formula is C8H12BLiO3. The summed E-state index contributed by atoms with van der Waals surface area (Å²) in [5.74, 6) is 0. The minimum atomic E-state index is -2.17.